The maximum Gasteiger partial charge on any atom is 0.308 e. The van der Waals surface area contributed by atoms with E-state index >= 15 is 0 Å². The first-order valence-electron chi connectivity index (χ1n) is 6.95. The number of benzene rings is 1. The van der Waals surface area contributed by atoms with Crippen LogP contribution in [0, 0.1) is 17.8 Å². The minimum absolute atomic E-state index is 0.130. The molecule has 0 amide bonds. The molecule has 0 radical (unpaired) electrons. The smallest absolute Gasteiger partial charge is 0.308 e. The third-order valence-corrected chi connectivity index (χ3v) is 3.25. The molecule has 0 saturated heterocycles. The number of nitrogens with one attached hydrogen (secondary N) is 1. The third-order valence-electron chi connectivity index (χ3n) is 3.25. The first-order valence-corrected chi connectivity index (χ1v) is 6.95. The Labute approximate surface area is 116 Å². The van der Waals surface area contributed by atoms with E-state index in [4.69, 9.17) is 5.11 Å². The summed E-state index contributed by atoms with van der Waals surface area (Å²) in [6, 6.07) is 8.26. The van der Waals surface area contributed by atoms with Gasteiger partial charge in [0.1, 0.15) is 0 Å². The van der Waals surface area contributed by atoms with Crippen molar-refractivity contribution in [3.8, 4) is 0 Å². The summed E-state index contributed by atoms with van der Waals surface area (Å²) in [6.45, 7) is 8.74. The highest BCUT2D eigenvalue weighted by Gasteiger charge is 2.20. The fraction of sp³-hybridized carbons (Fsp3) is 0.562. The van der Waals surface area contributed by atoms with Gasteiger partial charge in [-0.3, -0.25) is 4.79 Å². The fourth-order valence-electron chi connectivity index (χ4n) is 2.07. The van der Waals surface area contributed by atoms with Crippen molar-refractivity contribution in [3.63, 3.8) is 0 Å². The molecule has 0 aromatic heterocycles. The van der Waals surface area contributed by atoms with Crippen LogP contribution in [0.3, 0.4) is 0 Å². The predicted octanol–water partition coefficient (Wildman–Crippen LogP) is 3.65. The van der Waals surface area contributed by atoms with E-state index < -0.39 is 5.97 Å². The number of rotatable bonds is 7. The van der Waals surface area contributed by atoms with E-state index in [0.717, 1.165) is 12.1 Å². The molecular formula is C16H25NO2. The number of carboxylic acids is 1. The maximum absolute atomic E-state index is 11.1. The van der Waals surface area contributed by atoms with E-state index in [2.05, 4.69) is 31.3 Å². The van der Waals surface area contributed by atoms with Gasteiger partial charge in [0.05, 0.1) is 5.92 Å². The Hall–Kier alpha value is -1.51. The summed E-state index contributed by atoms with van der Waals surface area (Å²) in [4.78, 5) is 11.1. The predicted molar refractivity (Wildman–Crippen MR) is 79.4 cm³/mol. The first-order chi connectivity index (χ1) is 8.90. The van der Waals surface area contributed by atoms with Crippen molar-refractivity contribution < 1.29 is 9.90 Å². The highest BCUT2D eigenvalue weighted by Crippen LogP contribution is 2.16. The Bertz CT molecular complexity index is 396. The number of hydrogen-bond acceptors (Lipinski definition) is 2. The molecule has 0 spiro atoms. The minimum atomic E-state index is -0.737. The Morgan fingerprint density at radius 1 is 1.16 bits per heavy atom. The maximum atomic E-state index is 11.1. The molecular weight excluding hydrogens is 238 g/mol. The van der Waals surface area contributed by atoms with Crippen LogP contribution in [0.4, 0.5) is 5.69 Å². The molecule has 1 atom stereocenters. The lowest BCUT2D eigenvalue weighted by atomic mass is 9.96. The van der Waals surface area contributed by atoms with Gasteiger partial charge in [-0.1, -0.05) is 39.8 Å². The van der Waals surface area contributed by atoms with Crippen molar-refractivity contribution in [2.45, 2.75) is 34.1 Å². The van der Waals surface area contributed by atoms with Crippen molar-refractivity contribution in [2.75, 3.05) is 11.9 Å². The molecule has 0 bridgehead atoms. The monoisotopic (exact) mass is 263 g/mol. The fourth-order valence-corrected chi connectivity index (χ4v) is 2.07. The van der Waals surface area contributed by atoms with Crippen molar-refractivity contribution in [1.82, 2.24) is 0 Å². The second kappa shape index (κ2) is 7.17. The largest absolute Gasteiger partial charge is 0.481 e. The van der Waals surface area contributed by atoms with Gasteiger partial charge >= 0.3 is 5.97 Å². The van der Waals surface area contributed by atoms with Gasteiger partial charge in [0, 0.05) is 12.2 Å². The summed E-state index contributed by atoms with van der Waals surface area (Å²) in [5.74, 6) is -0.310. The Balaban J connectivity index is 2.56. The summed E-state index contributed by atoms with van der Waals surface area (Å²) < 4.78 is 0. The van der Waals surface area contributed by atoms with Crippen LogP contribution in [-0.4, -0.2) is 17.6 Å². The lowest BCUT2D eigenvalue weighted by molar-refractivity contribution is -0.142. The number of anilines is 1. The second-order valence-electron chi connectivity index (χ2n) is 5.86. The second-order valence-corrected chi connectivity index (χ2v) is 5.86. The lowest BCUT2D eigenvalue weighted by Crippen LogP contribution is -2.27. The van der Waals surface area contributed by atoms with Crippen LogP contribution < -0.4 is 5.32 Å². The molecule has 0 saturated carbocycles. The van der Waals surface area contributed by atoms with Gasteiger partial charge in [0.2, 0.25) is 0 Å². The van der Waals surface area contributed by atoms with Crippen LogP contribution in [0.15, 0.2) is 24.3 Å². The number of aliphatic carboxylic acids is 1. The molecule has 3 nitrogen and oxygen atoms in total. The average molecular weight is 263 g/mol. The van der Waals surface area contributed by atoms with E-state index in [0.29, 0.717) is 12.5 Å². The number of hydrogen-bond donors (Lipinski definition) is 2. The normalized spacial score (nSPS) is 12.7. The topological polar surface area (TPSA) is 49.3 Å². The Morgan fingerprint density at radius 2 is 1.74 bits per heavy atom. The van der Waals surface area contributed by atoms with E-state index in [-0.39, 0.29) is 11.8 Å². The van der Waals surface area contributed by atoms with E-state index in [9.17, 15) is 4.79 Å². The molecule has 0 aliphatic heterocycles. The molecule has 106 valence electrons. The van der Waals surface area contributed by atoms with Crippen LogP contribution in [0.1, 0.15) is 33.3 Å². The van der Waals surface area contributed by atoms with Gasteiger partial charge in [-0.2, -0.15) is 0 Å². The van der Waals surface area contributed by atoms with Gasteiger partial charge in [-0.05, 0) is 36.0 Å². The molecule has 19 heavy (non-hydrogen) atoms. The van der Waals surface area contributed by atoms with Gasteiger partial charge in [0.15, 0.2) is 0 Å². The van der Waals surface area contributed by atoms with Crippen molar-refractivity contribution in [1.29, 1.82) is 0 Å². The van der Waals surface area contributed by atoms with Crippen LogP contribution in [0.2, 0.25) is 0 Å². The molecule has 1 aromatic rings. The zero-order valence-electron chi connectivity index (χ0n) is 12.3. The lowest BCUT2D eigenvalue weighted by Gasteiger charge is -2.17. The highest BCUT2D eigenvalue weighted by molar-refractivity contribution is 5.71. The van der Waals surface area contributed by atoms with Crippen LogP contribution in [-0.2, 0) is 11.2 Å². The van der Waals surface area contributed by atoms with Crippen LogP contribution in [0.25, 0.3) is 0 Å². The minimum Gasteiger partial charge on any atom is -0.481 e. The van der Waals surface area contributed by atoms with E-state index in [1.165, 1.54) is 5.56 Å². The summed E-state index contributed by atoms with van der Waals surface area (Å²) in [5, 5.41) is 12.3. The highest BCUT2D eigenvalue weighted by atomic mass is 16.4. The zero-order valence-corrected chi connectivity index (χ0v) is 12.3. The number of carboxylic acid groups (broad SMARTS) is 1. The van der Waals surface area contributed by atoms with Gasteiger partial charge in [0.25, 0.3) is 0 Å². The first kappa shape index (κ1) is 15.5. The SMILES string of the molecule is CC(C)Cc1ccc(NCC(C(=O)O)C(C)C)cc1. The summed E-state index contributed by atoms with van der Waals surface area (Å²) in [6.07, 6.45) is 1.07. The number of carbonyl (C=O) groups is 1. The molecule has 0 aliphatic rings. The third kappa shape index (κ3) is 5.33. The van der Waals surface area contributed by atoms with Crippen molar-refractivity contribution >= 4 is 11.7 Å². The molecule has 0 heterocycles. The molecule has 1 unspecified atom stereocenters. The molecule has 3 heteroatoms. The Kier molecular flexibility index (Phi) is 5.87. The molecule has 1 rings (SSSR count). The van der Waals surface area contributed by atoms with Crippen LogP contribution in [0.5, 0.6) is 0 Å². The van der Waals surface area contributed by atoms with Crippen LogP contribution >= 0.6 is 0 Å². The summed E-state index contributed by atoms with van der Waals surface area (Å²) >= 11 is 0. The summed E-state index contributed by atoms with van der Waals surface area (Å²) in [7, 11) is 0. The van der Waals surface area contributed by atoms with Gasteiger partial charge < -0.3 is 10.4 Å². The zero-order chi connectivity index (χ0) is 14.4. The molecule has 1 aromatic carbocycles. The molecule has 2 N–H and O–H groups in total. The van der Waals surface area contributed by atoms with Crippen molar-refractivity contribution in [3.05, 3.63) is 29.8 Å². The van der Waals surface area contributed by atoms with Gasteiger partial charge in [-0.15, -0.1) is 0 Å². The Morgan fingerprint density at radius 3 is 2.16 bits per heavy atom. The molecule has 0 fully saturated rings. The molecule has 0 aliphatic carbocycles. The van der Waals surface area contributed by atoms with E-state index in [1.54, 1.807) is 0 Å². The van der Waals surface area contributed by atoms with E-state index in [1.807, 2.05) is 26.0 Å². The standard InChI is InChI=1S/C16H25NO2/c1-11(2)9-13-5-7-14(8-6-13)17-10-15(12(3)4)16(18)19/h5-8,11-12,15,17H,9-10H2,1-4H3,(H,18,19). The summed E-state index contributed by atoms with van der Waals surface area (Å²) in [5.41, 5.74) is 2.30. The van der Waals surface area contributed by atoms with Crippen molar-refractivity contribution in [2.24, 2.45) is 17.8 Å². The van der Waals surface area contributed by atoms with Gasteiger partial charge in [-0.25, -0.2) is 0 Å². The average Bonchev–Trinajstić information content (AvgIpc) is 2.29. The quantitative estimate of drug-likeness (QED) is 0.789.